The number of hydrogen-bond acceptors (Lipinski definition) is 5. The number of nitrogens with one attached hydrogen (secondary N) is 2. The minimum atomic E-state index is -0.116. The van der Waals surface area contributed by atoms with Crippen molar-refractivity contribution in [1.29, 1.82) is 0 Å². The van der Waals surface area contributed by atoms with Crippen molar-refractivity contribution < 1.29 is 4.79 Å². The highest BCUT2D eigenvalue weighted by Crippen LogP contribution is 2.14. The fourth-order valence-corrected chi connectivity index (χ4v) is 2.26. The number of aromatic nitrogens is 2. The van der Waals surface area contributed by atoms with E-state index in [1.54, 1.807) is 42.4 Å². The van der Waals surface area contributed by atoms with E-state index >= 15 is 0 Å². The van der Waals surface area contributed by atoms with Gasteiger partial charge in [-0.15, -0.1) is 11.3 Å². The van der Waals surface area contributed by atoms with Gasteiger partial charge in [-0.3, -0.25) is 9.78 Å². The molecule has 0 bridgehead atoms. The Balaban J connectivity index is 2.06. The Kier molecular flexibility index (Phi) is 3.88. The van der Waals surface area contributed by atoms with Crippen molar-refractivity contribution in [1.82, 2.24) is 15.3 Å². The van der Waals surface area contributed by atoms with E-state index in [-0.39, 0.29) is 5.91 Å². The third-order valence-corrected chi connectivity index (χ3v) is 3.52. The van der Waals surface area contributed by atoms with Gasteiger partial charge in [-0.25, -0.2) is 4.98 Å². The van der Waals surface area contributed by atoms with E-state index in [1.807, 2.05) is 6.92 Å². The lowest BCUT2D eigenvalue weighted by Crippen LogP contribution is -2.23. The summed E-state index contributed by atoms with van der Waals surface area (Å²) in [5.41, 5.74) is 4.05. The van der Waals surface area contributed by atoms with E-state index < -0.39 is 0 Å². The third-order valence-electron chi connectivity index (χ3n) is 2.59. The molecule has 2 rings (SSSR count). The van der Waals surface area contributed by atoms with E-state index in [4.69, 9.17) is 0 Å². The lowest BCUT2D eigenvalue weighted by atomic mass is 10.2. The normalized spacial score (nSPS) is 10.1. The van der Waals surface area contributed by atoms with E-state index in [0.717, 1.165) is 16.3 Å². The monoisotopic (exact) mass is 262 g/mol. The average Bonchev–Trinajstić information content (AvgIpc) is 2.81. The Labute approximate surface area is 109 Å². The van der Waals surface area contributed by atoms with Gasteiger partial charge >= 0.3 is 0 Å². The van der Waals surface area contributed by atoms with Crippen molar-refractivity contribution >= 4 is 22.9 Å². The number of carbonyl (C=O) groups is 1. The molecule has 0 unspecified atom stereocenters. The van der Waals surface area contributed by atoms with Gasteiger partial charge in [0.05, 0.1) is 35.2 Å². The first kappa shape index (κ1) is 12.5. The van der Waals surface area contributed by atoms with Crippen LogP contribution in [0.2, 0.25) is 0 Å². The molecule has 0 aliphatic rings. The average molecular weight is 262 g/mol. The summed E-state index contributed by atoms with van der Waals surface area (Å²) in [6, 6.07) is 1.70. The highest BCUT2D eigenvalue weighted by Gasteiger charge is 2.11. The van der Waals surface area contributed by atoms with Gasteiger partial charge in [-0.05, 0) is 13.0 Å². The highest BCUT2D eigenvalue weighted by molar-refractivity contribution is 7.09. The molecular weight excluding hydrogens is 248 g/mol. The van der Waals surface area contributed by atoms with Crippen LogP contribution in [0.15, 0.2) is 24.0 Å². The first-order valence-corrected chi connectivity index (χ1v) is 6.39. The van der Waals surface area contributed by atoms with Crippen LogP contribution >= 0.6 is 11.3 Å². The molecule has 2 heterocycles. The zero-order chi connectivity index (χ0) is 13.0. The SMILES string of the molecule is CNc1cnccc1C(=O)NCc1scnc1C. The number of amides is 1. The van der Waals surface area contributed by atoms with Crippen LogP contribution in [-0.2, 0) is 6.54 Å². The maximum Gasteiger partial charge on any atom is 0.253 e. The summed E-state index contributed by atoms with van der Waals surface area (Å²) >= 11 is 1.54. The molecule has 94 valence electrons. The Morgan fingerprint density at radius 3 is 3.00 bits per heavy atom. The summed E-state index contributed by atoms with van der Waals surface area (Å²) in [4.78, 5) is 21.2. The highest BCUT2D eigenvalue weighted by atomic mass is 32.1. The van der Waals surface area contributed by atoms with Crippen molar-refractivity contribution in [3.8, 4) is 0 Å². The van der Waals surface area contributed by atoms with E-state index in [2.05, 4.69) is 20.6 Å². The Bertz CT molecular complexity index is 553. The maximum atomic E-state index is 12.0. The lowest BCUT2D eigenvalue weighted by Gasteiger charge is -2.08. The lowest BCUT2D eigenvalue weighted by molar-refractivity contribution is 0.0952. The largest absolute Gasteiger partial charge is 0.386 e. The van der Waals surface area contributed by atoms with Crippen LogP contribution < -0.4 is 10.6 Å². The van der Waals surface area contributed by atoms with Crippen LogP contribution in [0, 0.1) is 6.92 Å². The van der Waals surface area contributed by atoms with Crippen LogP contribution in [-0.4, -0.2) is 22.9 Å². The Hall–Kier alpha value is -1.95. The Morgan fingerprint density at radius 2 is 2.33 bits per heavy atom. The van der Waals surface area contributed by atoms with Gasteiger partial charge in [-0.2, -0.15) is 0 Å². The molecule has 0 aromatic carbocycles. The first-order valence-electron chi connectivity index (χ1n) is 5.51. The second-order valence-corrected chi connectivity index (χ2v) is 4.65. The summed E-state index contributed by atoms with van der Waals surface area (Å²) in [6.45, 7) is 2.43. The summed E-state index contributed by atoms with van der Waals surface area (Å²) in [7, 11) is 1.77. The first-order chi connectivity index (χ1) is 8.72. The molecule has 0 radical (unpaired) electrons. The number of pyridine rings is 1. The van der Waals surface area contributed by atoms with Crippen LogP contribution in [0.4, 0.5) is 5.69 Å². The summed E-state index contributed by atoms with van der Waals surface area (Å²) in [6.07, 6.45) is 3.24. The molecule has 2 N–H and O–H groups in total. The van der Waals surface area contributed by atoms with E-state index in [1.165, 1.54) is 0 Å². The van der Waals surface area contributed by atoms with Gasteiger partial charge in [-0.1, -0.05) is 0 Å². The Morgan fingerprint density at radius 1 is 1.50 bits per heavy atom. The molecule has 6 heteroatoms. The predicted octanol–water partition coefficient (Wildman–Crippen LogP) is 1.82. The van der Waals surface area contributed by atoms with Gasteiger partial charge in [0.2, 0.25) is 0 Å². The summed E-state index contributed by atoms with van der Waals surface area (Å²) in [5.74, 6) is -0.116. The van der Waals surface area contributed by atoms with Crippen LogP contribution in [0.1, 0.15) is 20.9 Å². The second-order valence-electron chi connectivity index (χ2n) is 3.71. The van der Waals surface area contributed by atoms with E-state index in [0.29, 0.717) is 12.1 Å². The molecule has 0 saturated carbocycles. The molecule has 18 heavy (non-hydrogen) atoms. The third kappa shape index (κ3) is 2.65. The van der Waals surface area contributed by atoms with E-state index in [9.17, 15) is 4.79 Å². The van der Waals surface area contributed by atoms with Crippen LogP contribution in [0.3, 0.4) is 0 Å². The minimum Gasteiger partial charge on any atom is -0.386 e. The minimum absolute atomic E-state index is 0.116. The molecule has 0 aliphatic carbocycles. The molecule has 0 aliphatic heterocycles. The number of anilines is 1. The molecule has 0 spiro atoms. The van der Waals surface area contributed by atoms with Crippen molar-refractivity contribution in [3.63, 3.8) is 0 Å². The number of nitrogens with zero attached hydrogens (tertiary/aromatic N) is 2. The zero-order valence-electron chi connectivity index (χ0n) is 10.2. The number of hydrogen-bond donors (Lipinski definition) is 2. The number of rotatable bonds is 4. The number of aryl methyl sites for hydroxylation is 1. The van der Waals surface area contributed by atoms with Crippen molar-refractivity contribution in [2.45, 2.75) is 13.5 Å². The predicted molar refractivity (Wildman–Crippen MR) is 71.8 cm³/mol. The summed E-state index contributed by atoms with van der Waals surface area (Å²) in [5, 5.41) is 5.83. The maximum absolute atomic E-state index is 12.0. The fourth-order valence-electron chi connectivity index (χ4n) is 1.54. The smallest absolute Gasteiger partial charge is 0.253 e. The van der Waals surface area contributed by atoms with Gasteiger partial charge in [0.15, 0.2) is 0 Å². The quantitative estimate of drug-likeness (QED) is 0.882. The second kappa shape index (κ2) is 5.59. The molecule has 0 fully saturated rings. The zero-order valence-corrected chi connectivity index (χ0v) is 11.0. The van der Waals surface area contributed by atoms with Gasteiger partial charge in [0.25, 0.3) is 5.91 Å². The molecular formula is C12H14N4OS. The molecule has 5 nitrogen and oxygen atoms in total. The van der Waals surface area contributed by atoms with Gasteiger partial charge in [0.1, 0.15) is 0 Å². The van der Waals surface area contributed by atoms with Gasteiger partial charge in [0, 0.05) is 18.1 Å². The molecule has 2 aromatic rings. The number of thiazole rings is 1. The molecule has 0 atom stereocenters. The van der Waals surface area contributed by atoms with Gasteiger partial charge < -0.3 is 10.6 Å². The summed E-state index contributed by atoms with van der Waals surface area (Å²) < 4.78 is 0. The fraction of sp³-hybridized carbons (Fsp3) is 0.250. The van der Waals surface area contributed by atoms with Crippen molar-refractivity contribution in [3.05, 3.63) is 40.1 Å². The topological polar surface area (TPSA) is 66.9 Å². The van der Waals surface area contributed by atoms with Crippen LogP contribution in [0.5, 0.6) is 0 Å². The number of carbonyl (C=O) groups excluding carboxylic acids is 1. The molecule has 2 aromatic heterocycles. The molecule has 0 saturated heterocycles. The van der Waals surface area contributed by atoms with Crippen molar-refractivity contribution in [2.75, 3.05) is 12.4 Å². The van der Waals surface area contributed by atoms with Crippen LogP contribution in [0.25, 0.3) is 0 Å². The van der Waals surface area contributed by atoms with Crippen molar-refractivity contribution in [2.24, 2.45) is 0 Å². The molecule has 1 amide bonds. The standard InChI is InChI=1S/C12H14N4OS/c1-8-11(18-7-16-8)6-15-12(17)9-3-4-14-5-10(9)13-2/h3-5,7,13H,6H2,1-2H3,(H,15,17).